The number of nitrogens with one attached hydrogen (secondary N) is 1. The molecule has 1 aliphatic heterocycles. The summed E-state index contributed by atoms with van der Waals surface area (Å²) in [6.07, 6.45) is 2.22. The van der Waals surface area contributed by atoms with Gasteiger partial charge in [0.2, 0.25) is 5.91 Å². The van der Waals surface area contributed by atoms with Crippen molar-refractivity contribution in [2.45, 2.75) is 23.7 Å². The number of halogens is 1. The largest absolute Gasteiger partial charge is 0.355 e. The average molecular weight is 265 g/mol. The minimum Gasteiger partial charge on any atom is -0.355 e. The molecular weight excluding hydrogens is 253 g/mol. The van der Waals surface area contributed by atoms with Crippen LogP contribution in [-0.4, -0.2) is 16.4 Å². The zero-order valence-electron chi connectivity index (χ0n) is 6.56. The summed E-state index contributed by atoms with van der Waals surface area (Å²) in [5.74, 6) is 0.884. The van der Waals surface area contributed by atoms with Crippen LogP contribution in [0.3, 0.4) is 0 Å². The SMILES string of the molecule is CC1C(I)CNC(=O)C12CC2. The Bertz CT molecular complexity index is 200. The molecule has 1 heterocycles. The summed E-state index contributed by atoms with van der Waals surface area (Å²) in [6, 6.07) is 0. The molecule has 0 aromatic heterocycles. The molecule has 0 bridgehead atoms. The van der Waals surface area contributed by atoms with Crippen LogP contribution < -0.4 is 5.32 Å². The highest BCUT2D eigenvalue weighted by atomic mass is 127. The molecule has 2 rings (SSSR count). The van der Waals surface area contributed by atoms with Gasteiger partial charge in [0.05, 0.1) is 5.41 Å². The van der Waals surface area contributed by atoms with Crippen molar-refractivity contribution in [3.8, 4) is 0 Å². The fraction of sp³-hybridized carbons (Fsp3) is 0.875. The minimum atomic E-state index is 0.0596. The molecule has 62 valence electrons. The Balaban J connectivity index is 2.20. The molecule has 0 aromatic rings. The predicted molar refractivity (Wildman–Crippen MR) is 51.6 cm³/mol. The topological polar surface area (TPSA) is 29.1 Å². The first kappa shape index (κ1) is 7.83. The number of alkyl halides is 1. The van der Waals surface area contributed by atoms with Crippen LogP contribution in [0.5, 0.6) is 0 Å². The van der Waals surface area contributed by atoms with Crippen LogP contribution in [0.2, 0.25) is 0 Å². The van der Waals surface area contributed by atoms with Crippen molar-refractivity contribution in [3.05, 3.63) is 0 Å². The second kappa shape index (κ2) is 2.34. The predicted octanol–water partition coefficient (Wildman–Crippen LogP) is 1.34. The van der Waals surface area contributed by atoms with Crippen molar-refractivity contribution < 1.29 is 4.79 Å². The lowest BCUT2D eigenvalue weighted by Crippen LogP contribution is -2.48. The molecule has 0 radical (unpaired) electrons. The molecular formula is C8H12INO. The van der Waals surface area contributed by atoms with Crippen molar-refractivity contribution in [3.63, 3.8) is 0 Å². The summed E-state index contributed by atoms with van der Waals surface area (Å²) in [6.45, 7) is 3.07. The minimum absolute atomic E-state index is 0.0596. The Hall–Kier alpha value is 0.200. The van der Waals surface area contributed by atoms with Gasteiger partial charge < -0.3 is 5.32 Å². The maximum absolute atomic E-state index is 11.4. The molecule has 3 heteroatoms. The highest BCUT2D eigenvalue weighted by molar-refractivity contribution is 14.1. The Kier molecular flexibility index (Phi) is 1.67. The maximum Gasteiger partial charge on any atom is 0.226 e. The zero-order chi connectivity index (χ0) is 8.06. The number of rotatable bonds is 0. The molecule has 1 amide bonds. The molecule has 1 saturated heterocycles. The third-order valence-electron chi connectivity index (χ3n) is 3.11. The standard InChI is InChI=1S/C8H12INO/c1-5-6(9)4-10-7(11)8(5)2-3-8/h5-6H,2-4H2,1H3,(H,10,11). The van der Waals surface area contributed by atoms with E-state index < -0.39 is 0 Å². The highest BCUT2D eigenvalue weighted by Crippen LogP contribution is 2.55. The fourth-order valence-corrected chi connectivity index (χ4v) is 2.82. The van der Waals surface area contributed by atoms with Crippen LogP contribution >= 0.6 is 22.6 Å². The van der Waals surface area contributed by atoms with Crippen molar-refractivity contribution in [1.82, 2.24) is 5.32 Å². The van der Waals surface area contributed by atoms with Crippen molar-refractivity contribution in [1.29, 1.82) is 0 Å². The van der Waals surface area contributed by atoms with E-state index >= 15 is 0 Å². The van der Waals surface area contributed by atoms with Crippen molar-refractivity contribution in [2.24, 2.45) is 11.3 Å². The Labute approximate surface area is 80.3 Å². The van der Waals surface area contributed by atoms with Crippen LogP contribution in [0, 0.1) is 11.3 Å². The molecule has 0 aromatic carbocycles. The summed E-state index contributed by atoms with van der Waals surface area (Å²) >= 11 is 2.44. The molecule has 11 heavy (non-hydrogen) atoms. The first-order valence-corrected chi connectivity index (χ1v) is 5.34. The summed E-state index contributed by atoms with van der Waals surface area (Å²) in [7, 11) is 0. The summed E-state index contributed by atoms with van der Waals surface area (Å²) in [4.78, 5) is 11.4. The van der Waals surface area contributed by atoms with Gasteiger partial charge in [-0.15, -0.1) is 0 Å². The maximum atomic E-state index is 11.4. The molecule has 1 spiro atoms. The second-order valence-corrected chi connectivity index (χ2v) is 5.27. The normalized spacial score (nSPS) is 40.4. The van der Waals surface area contributed by atoms with E-state index in [2.05, 4.69) is 34.8 Å². The summed E-state index contributed by atoms with van der Waals surface area (Å²) < 4.78 is 0.632. The Morgan fingerprint density at radius 2 is 2.27 bits per heavy atom. The van der Waals surface area contributed by atoms with Gasteiger partial charge >= 0.3 is 0 Å². The van der Waals surface area contributed by atoms with Gasteiger partial charge in [-0.25, -0.2) is 0 Å². The van der Waals surface area contributed by atoms with E-state index in [0.29, 0.717) is 15.7 Å². The van der Waals surface area contributed by atoms with Crippen LogP contribution in [-0.2, 0) is 4.79 Å². The zero-order valence-corrected chi connectivity index (χ0v) is 8.72. The monoisotopic (exact) mass is 265 g/mol. The van der Waals surface area contributed by atoms with Crippen LogP contribution in [0.25, 0.3) is 0 Å². The second-order valence-electron chi connectivity index (χ2n) is 3.67. The Morgan fingerprint density at radius 3 is 2.73 bits per heavy atom. The highest BCUT2D eigenvalue weighted by Gasteiger charge is 2.57. The van der Waals surface area contributed by atoms with E-state index in [0.717, 1.165) is 19.4 Å². The summed E-state index contributed by atoms with van der Waals surface area (Å²) in [5, 5.41) is 2.97. The van der Waals surface area contributed by atoms with Gasteiger partial charge in [-0.3, -0.25) is 4.79 Å². The number of carbonyl (C=O) groups is 1. The van der Waals surface area contributed by atoms with Crippen molar-refractivity contribution in [2.75, 3.05) is 6.54 Å². The lowest BCUT2D eigenvalue weighted by molar-refractivity contribution is -0.129. The van der Waals surface area contributed by atoms with Gasteiger partial charge in [-0.1, -0.05) is 29.5 Å². The first-order valence-electron chi connectivity index (χ1n) is 4.09. The third kappa shape index (κ3) is 0.999. The van der Waals surface area contributed by atoms with Gasteiger partial charge in [-0.05, 0) is 18.8 Å². The molecule has 1 saturated carbocycles. The van der Waals surface area contributed by atoms with Crippen LogP contribution in [0.15, 0.2) is 0 Å². The quantitative estimate of drug-likeness (QED) is 0.519. The van der Waals surface area contributed by atoms with Gasteiger partial charge in [0.25, 0.3) is 0 Å². The van der Waals surface area contributed by atoms with E-state index in [9.17, 15) is 4.79 Å². The Morgan fingerprint density at radius 1 is 1.64 bits per heavy atom. The lowest BCUT2D eigenvalue weighted by Gasteiger charge is -2.32. The van der Waals surface area contributed by atoms with E-state index in [1.165, 1.54) is 0 Å². The fourth-order valence-electron chi connectivity index (χ4n) is 1.91. The molecule has 1 N–H and O–H groups in total. The first-order chi connectivity index (χ1) is 5.17. The molecule has 2 atom stereocenters. The van der Waals surface area contributed by atoms with Gasteiger partial charge in [0.15, 0.2) is 0 Å². The number of hydrogen-bond acceptors (Lipinski definition) is 1. The van der Waals surface area contributed by atoms with Gasteiger partial charge in [-0.2, -0.15) is 0 Å². The summed E-state index contributed by atoms with van der Waals surface area (Å²) in [5.41, 5.74) is 0.0596. The lowest BCUT2D eigenvalue weighted by atomic mass is 9.84. The van der Waals surface area contributed by atoms with Gasteiger partial charge in [0, 0.05) is 10.5 Å². The van der Waals surface area contributed by atoms with Crippen molar-refractivity contribution >= 4 is 28.5 Å². The van der Waals surface area contributed by atoms with E-state index in [4.69, 9.17) is 0 Å². The molecule has 2 fully saturated rings. The number of amides is 1. The number of piperidine rings is 1. The van der Waals surface area contributed by atoms with E-state index in [1.54, 1.807) is 0 Å². The molecule has 1 aliphatic carbocycles. The van der Waals surface area contributed by atoms with Crippen LogP contribution in [0.4, 0.5) is 0 Å². The number of hydrogen-bond donors (Lipinski definition) is 1. The number of carbonyl (C=O) groups excluding carboxylic acids is 1. The van der Waals surface area contributed by atoms with E-state index in [-0.39, 0.29) is 5.41 Å². The van der Waals surface area contributed by atoms with Gasteiger partial charge in [0.1, 0.15) is 0 Å². The molecule has 2 aliphatic rings. The smallest absolute Gasteiger partial charge is 0.226 e. The van der Waals surface area contributed by atoms with E-state index in [1.807, 2.05) is 0 Å². The average Bonchev–Trinajstić information content (AvgIpc) is 2.76. The molecule has 2 nitrogen and oxygen atoms in total. The molecule has 2 unspecified atom stereocenters. The van der Waals surface area contributed by atoms with Crippen LogP contribution in [0.1, 0.15) is 19.8 Å². The third-order valence-corrected chi connectivity index (χ3v) is 4.63.